The number of rotatable bonds is 4. The molecule has 0 aliphatic rings. The van der Waals surface area contributed by atoms with E-state index < -0.39 is 0 Å². The average molecular weight is 297 g/mol. The number of aromatic nitrogens is 1. The van der Waals surface area contributed by atoms with Crippen LogP contribution in [-0.2, 0) is 6.54 Å². The summed E-state index contributed by atoms with van der Waals surface area (Å²) in [7, 11) is 0. The second-order valence-corrected chi connectivity index (χ2v) is 5.30. The van der Waals surface area contributed by atoms with Crippen LogP contribution in [-0.4, -0.2) is 10.1 Å². The van der Waals surface area contributed by atoms with Crippen molar-refractivity contribution in [2.24, 2.45) is 5.73 Å². The van der Waals surface area contributed by atoms with Gasteiger partial charge < -0.3 is 15.6 Å². The first-order valence-electron chi connectivity index (χ1n) is 6.63. The smallest absolute Gasteiger partial charge is 0.156 e. The molecule has 0 atom stereocenters. The van der Waals surface area contributed by atoms with E-state index in [0.717, 1.165) is 33.5 Å². The van der Waals surface area contributed by atoms with Gasteiger partial charge in [0.1, 0.15) is 4.99 Å². The first-order valence-corrected chi connectivity index (χ1v) is 7.03. The van der Waals surface area contributed by atoms with Crippen LogP contribution >= 0.6 is 12.2 Å². The second kappa shape index (κ2) is 5.54. The number of fused-ring (bicyclic) bond motifs is 1. The number of aryl methyl sites for hydroxylation is 1. The molecule has 4 nitrogen and oxygen atoms in total. The van der Waals surface area contributed by atoms with Crippen LogP contribution in [0.15, 0.2) is 47.0 Å². The highest BCUT2D eigenvalue weighted by Crippen LogP contribution is 2.27. The van der Waals surface area contributed by atoms with E-state index in [-0.39, 0.29) is 0 Å². The summed E-state index contributed by atoms with van der Waals surface area (Å²) in [6.07, 6.45) is 0. The molecule has 5 heteroatoms. The van der Waals surface area contributed by atoms with Gasteiger partial charge in [0.2, 0.25) is 0 Å². The van der Waals surface area contributed by atoms with E-state index in [1.165, 1.54) is 0 Å². The van der Waals surface area contributed by atoms with E-state index in [1.807, 2.05) is 49.4 Å². The van der Waals surface area contributed by atoms with Crippen molar-refractivity contribution in [3.8, 4) is 0 Å². The van der Waals surface area contributed by atoms with Crippen molar-refractivity contribution < 1.29 is 4.52 Å². The van der Waals surface area contributed by atoms with Gasteiger partial charge in [-0.05, 0) is 24.4 Å². The molecule has 3 N–H and O–H groups in total. The Balaban J connectivity index is 1.96. The fraction of sp³-hybridized carbons (Fsp3) is 0.125. The zero-order valence-corrected chi connectivity index (χ0v) is 12.4. The number of nitrogens with one attached hydrogen (secondary N) is 1. The third kappa shape index (κ3) is 2.73. The summed E-state index contributed by atoms with van der Waals surface area (Å²) in [6, 6.07) is 13.9. The molecule has 3 aromatic rings. The fourth-order valence-corrected chi connectivity index (χ4v) is 2.53. The molecule has 0 radical (unpaired) electrons. The van der Waals surface area contributed by atoms with Gasteiger partial charge in [-0.25, -0.2) is 0 Å². The number of hydrogen-bond acceptors (Lipinski definition) is 4. The summed E-state index contributed by atoms with van der Waals surface area (Å²) in [5.74, 6) is 0.801. The van der Waals surface area contributed by atoms with E-state index >= 15 is 0 Å². The highest BCUT2D eigenvalue weighted by atomic mass is 32.1. The summed E-state index contributed by atoms with van der Waals surface area (Å²) >= 11 is 5.11. The van der Waals surface area contributed by atoms with Crippen LogP contribution in [0.3, 0.4) is 0 Å². The number of nitrogens with two attached hydrogens (primary N) is 1. The topological polar surface area (TPSA) is 64.1 Å². The van der Waals surface area contributed by atoms with Crippen LogP contribution in [0.2, 0.25) is 0 Å². The molecule has 0 fully saturated rings. The molecule has 0 unspecified atom stereocenters. The summed E-state index contributed by atoms with van der Waals surface area (Å²) in [5, 5.41) is 9.37. The molecule has 1 aromatic heterocycles. The lowest BCUT2D eigenvalue weighted by molar-refractivity contribution is 0.384. The number of thiocarbonyl (C=S) groups is 1. The van der Waals surface area contributed by atoms with Crippen molar-refractivity contribution in [1.29, 1.82) is 0 Å². The molecular weight excluding hydrogens is 282 g/mol. The minimum Gasteiger partial charge on any atom is -0.389 e. The van der Waals surface area contributed by atoms with Crippen LogP contribution < -0.4 is 11.1 Å². The number of benzene rings is 2. The quantitative estimate of drug-likeness (QED) is 0.723. The highest BCUT2D eigenvalue weighted by molar-refractivity contribution is 7.80. The molecule has 2 aromatic carbocycles. The second-order valence-electron chi connectivity index (χ2n) is 4.86. The van der Waals surface area contributed by atoms with Crippen molar-refractivity contribution in [2.45, 2.75) is 13.5 Å². The van der Waals surface area contributed by atoms with Gasteiger partial charge in [0, 0.05) is 22.7 Å². The van der Waals surface area contributed by atoms with Crippen molar-refractivity contribution in [3.63, 3.8) is 0 Å². The van der Waals surface area contributed by atoms with Gasteiger partial charge in [-0.15, -0.1) is 0 Å². The first-order chi connectivity index (χ1) is 10.1. The molecule has 21 heavy (non-hydrogen) atoms. The largest absolute Gasteiger partial charge is 0.389 e. The Labute approximate surface area is 127 Å². The highest BCUT2D eigenvalue weighted by Gasteiger charge is 2.08. The Morgan fingerprint density at radius 2 is 2.00 bits per heavy atom. The van der Waals surface area contributed by atoms with Gasteiger partial charge in [0.25, 0.3) is 0 Å². The maximum absolute atomic E-state index is 5.79. The molecule has 3 rings (SSSR count). The number of anilines is 1. The molecular formula is C16H15N3OS. The average Bonchev–Trinajstić information content (AvgIpc) is 2.90. The monoisotopic (exact) mass is 297 g/mol. The molecule has 0 saturated heterocycles. The molecule has 106 valence electrons. The fourth-order valence-electron chi connectivity index (χ4n) is 2.35. The van der Waals surface area contributed by atoms with E-state index in [9.17, 15) is 0 Å². The minimum atomic E-state index is 0.406. The molecule has 0 bridgehead atoms. The van der Waals surface area contributed by atoms with Crippen LogP contribution in [0.25, 0.3) is 10.8 Å². The van der Waals surface area contributed by atoms with Crippen LogP contribution in [0.1, 0.15) is 17.0 Å². The Hall–Kier alpha value is -2.40. The van der Waals surface area contributed by atoms with Crippen molar-refractivity contribution in [2.75, 3.05) is 5.32 Å². The Kier molecular flexibility index (Phi) is 3.58. The Morgan fingerprint density at radius 3 is 2.67 bits per heavy atom. The normalized spacial score (nSPS) is 10.7. The van der Waals surface area contributed by atoms with Gasteiger partial charge in [0.05, 0.1) is 12.2 Å². The molecule has 0 amide bonds. The zero-order valence-electron chi connectivity index (χ0n) is 11.6. The lowest BCUT2D eigenvalue weighted by Crippen LogP contribution is -2.10. The zero-order chi connectivity index (χ0) is 14.8. The lowest BCUT2D eigenvalue weighted by atomic mass is 10.0. The van der Waals surface area contributed by atoms with E-state index in [2.05, 4.69) is 10.5 Å². The van der Waals surface area contributed by atoms with Crippen LogP contribution in [0, 0.1) is 6.92 Å². The molecule has 1 heterocycles. The van der Waals surface area contributed by atoms with Crippen molar-refractivity contribution >= 4 is 33.7 Å². The van der Waals surface area contributed by atoms with E-state index in [4.69, 9.17) is 22.5 Å². The SMILES string of the molecule is Cc1cc(CNc2ccc(C(N)=S)c3ccccc23)on1. The van der Waals surface area contributed by atoms with Gasteiger partial charge in [-0.2, -0.15) is 0 Å². The van der Waals surface area contributed by atoms with Crippen LogP contribution in [0.4, 0.5) is 5.69 Å². The van der Waals surface area contributed by atoms with E-state index in [0.29, 0.717) is 11.5 Å². The summed E-state index contributed by atoms with van der Waals surface area (Å²) in [5.41, 5.74) is 8.56. The summed E-state index contributed by atoms with van der Waals surface area (Å²) in [6.45, 7) is 2.48. The summed E-state index contributed by atoms with van der Waals surface area (Å²) < 4.78 is 5.21. The van der Waals surface area contributed by atoms with Crippen molar-refractivity contribution in [3.05, 3.63) is 59.5 Å². The lowest BCUT2D eigenvalue weighted by Gasteiger charge is -2.11. The summed E-state index contributed by atoms with van der Waals surface area (Å²) in [4.78, 5) is 0.406. The van der Waals surface area contributed by atoms with Gasteiger partial charge in [-0.1, -0.05) is 41.6 Å². The molecule has 0 saturated carbocycles. The van der Waals surface area contributed by atoms with Gasteiger partial charge >= 0.3 is 0 Å². The molecule has 0 aliphatic heterocycles. The standard InChI is InChI=1S/C16H15N3OS/c1-10-8-11(20-19-10)9-18-15-7-6-14(16(17)21)12-4-2-3-5-13(12)15/h2-8,18H,9H2,1H3,(H2,17,21). The molecule has 0 aliphatic carbocycles. The first kappa shape index (κ1) is 13.6. The number of hydrogen-bond donors (Lipinski definition) is 2. The third-order valence-electron chi connectivity index (χ3n) is 3.32. The van der Waals surface area contributed by atoms with Gasteiger partial charge in [-0.3, -0.25) is 0 Å². The predicted molar refractivity (Wildman–Crippen MR) is 88.4 cm³/mol. The third-order valence-corrected chi connectivity index (χ3v) is 3.54. The van der Waals surface area contributed by atoms with Gasteiger partial charge in [0.15, 0.2) is 5.76 Å². The van der Waals surface area contributed by atoms with E-state index in [1.54, 1.807) is 0 Å². The maximum Gasteiger partial charge on any atom is 0.156 e. The van der Waals surface area contributed by atoms with Crippen molar-refractivity contribution in [1.82, 2.24) is 5.16 Å². The number of nitrogens with zero attached hydrogens (tertiary/aromatic N) is 1. The molecule has 0 spiro atoms. The Bertz CT molecular complexity index is 810. The Morgan fingerprint density at radius 1 is 1.24 bits per heavy atom. The predicted octanol–water partition coefficient (Wildman–Crippen LogP) is 3.38. The minimum absolute atomic E-state index is 0.406. The maximum atomic E-state index is 5.79. The van der Waals surface area contributed by atoms with Crippen LogP contribution in [0.5, 0.6) is 0 Å².